The zero-order valence-corrected chi connectivity index (χ0v) is 17.6. The van der Waals surface area contributed by atoms with Crippen LogP contribution in [-0.2, 0) is 6.42 Å². The van der Waals surface area contributed by atoms with Gasteiger partial charge in [0.15, 0.2) is 17.5 Å². The third kappa shape index (κ3) is 4.71. The van der Waals surface area contributed by atoms with Crippen molar-refractivity contribution < 1.29 is 9.84 Å². The maximum absolute atomic E-state index is 9.67. The Hall–Kier alpha value is -1.18. The lowest BCUT2D eigenvalue weighted by molar-refractivity contribution is 0.151. The molecule has 1 aromatic carbocycles. The number of ether oxygens (including phenoxy) is 1. The van der Waals surface area contributed by atoms with Crippen molar-refractivity contribution in [3.63, 3.8) is 0 Å². The van der Waals surface area contributed by atoms with Crippen molar-refractivity contribution in [3.05, 3.63) is 23.8 Å². The van der Waals surface area contributed by atoms with Crippen molar-refractivity contribution in [2.45, 2.75) is 39.0 Å². The van der Waals surface area contributed by atoms with Gasteiger partial charge in [-0.2, -0.15) is 0 Å². The summed E-state index contributed by atoms with van der Waals surface area (Å²) in [6.07, 6.45) is 6.31. The van der Waals surface area contributed by atoms with Crippen molar-refractivity contribution in [1.82, 2.24) is 10.2 Å². The highest BCUT2D eigenvalue weighted by Gasteiger charge is 2.43. The highest BCUT2D eigenvalue weighted by Crippen LogP contribution is 2.47. The first-order valence-corrected chi connectivity index (χ1v) is 9.05. The molecular weight excluding hydrogens is 429 g/mol. The highest BCUT2D eigenvalue weighted by molar-refractivity contribution is 14.0. The number of nitrogens with zero attached hydrogens (tertiary/aromatic N) is 2. The van der Waals surface area contributed by atoms with Crippen LogP contribution in [0.3, 0.4) is 0 Å². The molecule has 6 heteroatoms. The van der Waals surface area contributed by atoms with Gasteiger partial charge in [-0.3, -0.25) is 4.99 Å². The minimum atomic E-state index is 0. The normalized spacial score (nSPS) is 18.6. The fourth-order valence-electron chi connectivity index (χ4n) is 3.80. The van der Waals surface area contributed by atoms with E-state index in [1.165, 1.54) is 25.7 Å². The van der Waals surface area contributed by atoms with Gasteiger partial charge in [-0.1, -0.05) is 12.5 Å². The molecule has 2 aliphatic rings. The Kier molecular flexibility index (Phi) is 7.22. The molecular formula is C19H30IN3O2. The summed E-state index contributed by atoms with van der Waals surface area (Å²) in [7, 11) is 1.57. The average Bonchev–Trinajstić information content (AvgIpc) is 3.01. The van der Waals surface area contributed by atoms with E-state index in [0.29, 0.717) is 11.2 Å². The van der Waals surface area contributed by atoms with Gasteiger partial charge in [0, 0.05) is 26.2 Å². The van der Waals surface area contributed by atoms with Crippen LogP contribution in [0.4, 0.5) is 0 Å². The zero-order chi connectivity index (χ0) is 17.0. The topological polar surface area (TPSA) is 57.1 Å². The third-order valence-electron chi connectivity index (χ3n) is 5.39. The number of benzene rings is 1. The van der Waals surface area contributed by atoms with E-state index in [1.54, 1.807) is 13.2 Å². The molecule has 1 aliphatic heterocycles. The molecule has 0 amide bonds. The van der Waals surface area contributed by atoms with Gasteiger partial charge in [-0.05, 0) is 55.7 Å². The summed E-state index contributed by atoms with van der Waals surface area (Å²) < 4.78 is 5.17. The monoisotopic (exact) mass is 459 g/mol. The van der Waals surface area contributed by atoms with Crippen LogP contribution in [0.25, 0.3) is 0 Å². The van der Waals surface area contributed by atoms with Crippen LogP contribution < -0.4 is 10.1 Å². The second-order valence-electron chi connectivity index (χ2n) is 7.02. The van der Waals surface area contributed by atoms with Crippen LogP contribution in [-0.4, -0.2) is 49.3 Å². The molecule has 25 heavy (non-hydrogen) atoms. The maximum Gasteiger partial charge on any atom is 0.193 e. The first-order chi connectivity index (χ1) is 11.7. The lowest BCUT2D eigenvalue weighted by atomic mass is 9.68. The first-order valence-electron chi connectivity index (χ1n) is 9.05. The van der Waals surface area contributed by atoms with Crippen molar-refractivity contribution in [2.75, 3.05) is 33.3 Å². The molecule has 1 saturated heterocycles. The van der Waals surface area contributed by atoms with E-state index in [-0.39, 0.29) is 29.7 Å². The number of guanidine groups is 1. The van der Waals surface area contributed by atoms with Crippen LogP contribution >= 0.6 is 24.0 Å². The van der Waals surface area contributed by atoms with E-state index in [9.17, 15) is 5.11 Å². The quantitative estimate of drug-likeness (QED) is 0.403. The van der Waals surface area contributed by atoms with Crippen LogP contribution in [0, 0.1) is 5.41 Å². The second kappa shape index (κ2) is 8.96. The number of nitrogens with one attached hydrogen (secondary N) is 1. The SMILES string of the molecule is CCNC(=NCCc1ccc(O)c(OC)c1)N1CCC2(CCC2)C1.I. The third-order valence-corrected chi connectivity index (χ3v) is 5.39. The van der Waals surface area contributed by atoms with Gasteiger partial charge < -0.3 is 20.1 Å². The van der Waals surface area contributed by atoms with Gasteiger partial charge in [-0.15, -0.1) is 24.0 Å². The lowest BCUT2D eigenvalue weighted by Crippen LogP contribution is -2.42. The molecule has 1 saturated carbocycles. The number of aromatic hydroxyl groups is 1. The molecule has 1 heterocycles. The minimum Gasteiger partial charge on any atom is -0.504 e. The number of hydrogen-bond donors (Lipinski definition) is 2. The van der Waals surface area contributed by atoms with Crippen molar-refractivity contribution in [1.29, 1.82) is 0 Å². The van der Waals surface area contributed by atoms with Gasteiger partial charge in [0.1, 0.15) is 0 Å². The molecule has 0 aromatic heterocycles. The summed E-state index contributed by atoms with van der Waals surface area (Å²) >= 11 is 0. The van der Waals surface area contributed by atoms with E-state index in [0.717, 1.165) is 44.1 Å². The van der Waals surface area contributed by atoms with Gasteiger partial charge in [-0.25, -0.2) is 0 Å². The molecule has 2 fully saturated rings. The summed E-state index contributed by atoms with van der Waals surface area (Å²) in [6.45, 7) is 6.04. The largest absolute Gasteiger partial charge is 0.504 e. The summed E-state index contributed by atoms with van der Waals surface area (Å²) in [6, 6.07) is 5.50. The lowest BCUT2D eigenvalue weighted by Gasteiger charge is -2.38. The molecule has 140 valence electrons. The Morgan fingerprint density at radius 2 is 2.16 bits per heavy atom. The molecule has 0 radical (unpaired) electrons. The minimum absolute atomic E-state index is 0. The molecule has 0 unspecified atom stereocenters. The maximum atomic E-state index is 9.67. The number of aliphatic imine (C=N–C) groups is 1. The van der Waals surface area contributed by atoms with E-state index in [1.807, 2.05) is 12.1 Å². The highest BCUT2D eigenvalue weighted by atomic mass is 127. The van der Waals surface area contributed by atoms with Crippen LogP contribution in [0.2, 0.25) is 0 Å². The van der Waals surface area contributed by atoms with Gasteiger partial charge in [0.2, 0.25) is 0 Å². The fraction of sp³-hybridized carbons (Fsp3) is 0.632. The number of rotatable bonds is 5. The molecule has 1 spiro atoms. The number of methoxy groups -OCH3 is 1. The molecule has 1 aromatic rings. The Bertz CT molecular complexity index is 602. The Morgan fingerprint density at radius 3 is 2.76 bits per heavy atom. The summed E-state index contributed by atoms with van der Waals surface area (Å²) in [5.74, 6) is 1.75. The average molecular weight is 459 g/mol. The van der Waals surface area contributed by atoms with Gasteiger partial charge in [0.25, 0.3) is 0 Å². The predicted molar refractivity (Wildman–Crippen MR) is 112 cm³/mol. The van der Waals surface area contributed by atoms with E-state index in [4.69, 9.17) is 9.73 Å². The van der Waals surface area contributed by atoms with E-state index in [2.05, 4.69) is 17.1 Å². The number of halogens is 1. The zero-order valence-electron chi connectivity index (χ0n) is 15.3. The Balaban J connectivity index is 0.00000225. The van der Waals surface area contributed by atoms with E-state index >= 15 is 0 Å². The van der Waals surface area contributed by atoms with Crippen LogP contribution in [0.1, 0.15) is 38.2 Å². The number of likely N-dealkylation sites (tertiary alicyclic amines) is 1. The standard InChI is InChI=1S/C19H29N3O2.HI/c1-3-20-18(22-12-10-19(14-22)8-4-9-19)21-11-7-15-5-6-16(23)17(13-15)24-2;/h5-6,13,23H,3-4,7-12,14H2,1-2H3,(H,20,21);1H. The molecule has 0 atom stereocenters. The Morgan fingerprint density at radius 1 is 1.36 bits per heavy atom. The van der Waals surface area contributed by atoms with Crippen LogP contribution in [0.5, 0.6) is 11.5 Å². The van der Waals surface area contributed by atoms with Gasteiger partial charge in [0.05, 0.1) is 7.11 Å². The molecule has 0 bridgehead atoms. The summed E-state index contributed by atoms with van der Waals surface area (Å²) in [5.41, 5.74) is 1.71. The first kappa shape index (κ1) is 20.1. The number of phenols is 1. The Labute approximate surface area is 167 Å². The molecule has 5 nitrogen and oxygen atoms in total. The van der Waals surface area contributed by atoms with Crippen molar-refractivity contribution in [2.24, 2.45) is 10.4 Å². The summed E-state index contributed by atoms with van der Waals surface area (Å²) in [4.78, 5) is 7.25. The second-order valence-corrected chi connectivity index (χ2v) is 7.02. The predicted octanol–water partition coefficient (Wildman–Crippen LogP) is 3.40. The molecule has 1 aliphatic carbocycles. The van der Waals surface area contributed by atoms with Gasteiger partial charge >= 0.3 is 0 Å². The smallest absolute Gasteiger partial charge is 0.193 e. The fourth-order valence-corrected chi connectivity index (χ4v) is 3.80. The van der Waals surface area contributed by atoms with Crippen molar-refractivity contribution >= 4 is 29.9 Å². The molecule has 3 rings (SSSR count). The van der Waals surface area contributed by atoms with Crippen molar-refractivity contribution in [3.8, 4) is 11.5 Å². The summed E-state index contributed by atoms with van der Waals surface area (Å²) in [5, 5.41) is 13.1. The number of phenolic OH excluding ortho intramolecular Hbond substituents is 1. The molecule has 2 N–H and O–H groups in total. The van der Waals surface area contributed by atoms with Crippen LogP contribution in [0.15, 0.2) is 23.2 Å². The number of hydrogen-bond acceptors (Lipinski definition) is 3. The van der Waals surface area contributed by atoms with E-state index < -0.39 is 0 Å².